The number of urea groups is 1. The maximum Gasteiger partial charge on any atom is 0.449 e. The van der Waals surface area contributed by atoms with E-state index in [9.17, 15) is 18.0 Å². The molecule has 0 aliphatic carbocycles. The van der Waals surface area contributed by atoms with Gasteiger partial charge in [0.05, 0.1) is 11.0 Å². The summed E-state index contributed by atoms with van der Waals surface area (Å²) in [6, 6.07) is 19.7. The molecule has 0 unspecified atom stereocenters. The van der Waals surface area contributed by atoms with Crippen molar-refractivity contribution in [3.8, 4) is 11.5 Å². The molecule has 4 aromatic rings. The van der Waals surface area contributed by atoms with Crippen molar-refractivity contribution in [3.05, 3.63) is 78.6 Å². The highest BCUT2D eigenvalue weighted by atomic mass is 19.4. The van der Waals surface area contributed by atoms with Crippen molar-refractivity contribution in [2.45, 2.75) is 6.18 Å². The summed E-state index contributed by atoms with van der Waals surface area (Å²) in [6.07, 6.45) is -4.57. The largest absolute Gasteiger partial charge is 0.457 e. The number of H-pyrrole nitrogens is 1. The SMILES string of the molecule is O=C(Nc1ccc(Oc2ccccc2)cc1)Nc1ccc2nc(C(F)(F)F)[nH]c2c1. The lowest BCUT2D eigenvalue weighted by Crippen LogP contribution is -2.19. The Bertz CT molecular complexity index is 1170. The van der Waals surface area contributed by atoms with Gasteiger partial charge >= 0.3 is 12.2 Å². The fourth-order valence-electron chi connectivity index (χ4n) is 2.75. The van der Waals surface area contributed by atoms with E-state index >= 15 is 0 Å². The Balaban J connectivity index is 1.39. The highest BCUT2D eigenvalue weighted by Crippen LogP contribution is 2.29. The van der Waals surface area contributed by atoms with Gasteiger partial charge in [-0.2, -0.15) is 13.2 Å². The highest BCUT2D eigenvalue weighted by molar-refractivity contribution is 6.00. The van der Waals surface area contributed by atoms with Gasteiger partial charge in [-0.3, -0.25) is 0 Å². The molecule has 3 N–H and O–H groups in total. The number of aromatic amines is 1. The number of hydrogen-bond acceptors (Lipinski definition) is 3. The molecule has 0 saturated carbocycles. The fourth-order valence-corrected chi connectivity index (χ4v) is 2.75. The molecule has 0 radical (unpaired) electrons. The van der Waals surface area contributed by atoms with Crippen molar-refractivity contribution in [2.75, 3.05) is 10.6 Å². The topological polar surface area (TPSA) is 79.0 Å². The molecule has 0 spiro atoms. The van der Waals surface area contributed by atoms with Gasteiger partial charge in [-0.15, -0.1) is 0 Å². The molecule has 9 heteroatoms. The Hall–Kier alpha value is -4.01. The number of aromatic nitrogens is 2. The second-order valence-electron chi connectivity index (χ2n) is 6.33. The van der Waals surface area contributed by atoms with Gasteiger partial charge in [0.15, 0.2) is 0 Å². The molecule has 0 atom stereocenters. The molecule has 0 bridgehead atoms. The van der Waals surface area contributed by atoms with E-state index in [1.807, 2.05) is 30.3 Å². The number of alkyl halides is 3. The van der Waals surface area contributed by atoms with Gasteiger partial charge in [0.1, 0.15) is 11.5 Å². The minimum Gasteiger partial charge on any atom is -0.457 e. The molecule has 2 amide bonds. The Morgan fingerprint density at radius 2 is 1.50 bits per heavy atom. The molecule has 30 heavy (non-hydrogen) atoms. The Morgan fingerprint density at radius 3 is 2.20 bits per heavy atom. The number of imidazole rings is 1. The van der Waals surface area contributed by atoms with Gasteiger partial charge < -0.3 is 20.4 Å². The van der Waals surface area contributed by atoms with Crippen LogP contribution in [-0.2, 0) is 6.18 Å². The lowest BCUT2D eigenvalue weighted by molar-refractivity contribution is -0.144. The molecule has 6 nitrogen and oxygen atoms in total. The molecule has 3 aromatic carbocycles. The Morgan fingerprint density at radius 1 is 0.867 bits per heavy atom. The number of ether oxygens (including phenoxy) is 1. The third-order valence-corrected chi connectivity index (χ3v) is 4.10. The number of nitrogens with zero attached hydrogens (tertiary/aromatic N) is 1. The summed E-state index contributed by atoms with van der Waals surface area (Å²) in [4.78, 5) is 17.9. The van der Waals surface area contributed by atoms with Crippen LogP contribution < -0.4 is 15.4 Å². The number of fused-ring (bicyclic) bond motifs is 1. The average Bonchev–Trinajstić information content (AvgIpc) is 3.14. The first-order chi connectivity index (χ1) is 14.4. The summed E-state index contributed by atoms with van der Waals surface area (Å²) in [6.45, 7) is 0. The van der Waals surface area contributed by atoms with Crippen molar-refractivity contribution in [3.63, 3.8) is 0 Å². The van der Waals surface area contributed by atoms with Crippen LogP contribution in [0.4, 0.5) is 29.3 Å². The van der Waals surface area contributed by atoms with E-state index in [-0.39, 0.29) is 11.0 Å². The van der Waals surface area contributed by atoms with Crippen molar-refractivity contribution in [1.29, 1.82) is 0 Å². The first kappa shape index (κ1) is 19.3. The summed E-state index contributed by atoms with van der Waals surface area (Å²) >= 11 is 0. The van der Waals surface area contributed by atoms with Gasteiger partial charge in [-0.1, -0.05) is 18.2 Å². The summed E-state index contributed by atoms with van der Waals surface area (Å²) in [5, 5.41) is 5.22. The average molecular weight is 412 g/mol. The number of benzene rings is 3. The number of hydrogen-bond donors (Lipinski definition) is 3. The molecule has 0 aliphatic rings. The van der Waals surface area contributed by atoms with Crippen molar-refractivity contribution >= 4 is 28.4 Å². The van der Waals surface area contributed by atoms with Crippen molar-refractivity contribution < 1.29 is 22.7 Å². The number of halogens is 3. The standard InChI is InChI=1S/C21H15F3N4O2/c22-21(23,24)19-27-17-11-8-14(12-18(17)28-19)26-20(29)25-13-6-9-16(10-7-13)30-15-4-2-1-3-5-15/h1-12H,(H,27,28)(H2,25,26,29). The zero-order valence-electron chi connectivity index (χ0n) is 15.3. The summed E-state index contributed by atoms with van der Waals surface area (Å²) in [5.74, 6) is 0.216. The van der Waals surface area contributed by atoms with Crippen LogP contribution in [0.15, 0.2) is 72.8 Å². The van der Waals surface area contributed by atoms with Gasteiger partial charge in [0.25, 0.3) is 0 Å². The molecular formula is C21H15F3N4O2. The number of anilines is 2. The van der Waals surface area contributed by atoms with Crippen LogP contribution in [0.5, 0.6) is 11.5 Å². The monoisotopic (exact) mass is 412 g/mol. The minimum absolute atomic E-state index is 0.155. The van der Waals surface area contributed by atoms with Crippen LogP contribution >= 0.6 is 0 Å². The second kappa shape index (κ2) is 7.78. The van der Waals surface area contributed by atoms with Crippen molar-refractivity contribution in [2.24, 2.45) is 0 Å². The van der Waals surface area contributed by atoms with E-state index in [0.29, 0.717) is 22.9 Å². The molecule has 4 rings (SSSR count). The minimum atomic E-state index is -4.57. The van der Waals surface area contributed by atoms with Gasteiger partial charge in [-0.25, -0.2) is 9.78 Å². The first-order valence-electron chi connectivity index (χ1n) is 8.85. The number of rotatable bonds is 4. The zero-order valence-corrected chi connectivity index (χ0v) is 15.3. The van der Waals surface area contributed by atoms with Crippen LogP contribution in [0.1, 0.15) is 5.82 Å². The number of amides is 2. The van der Waals surface area contributed by atoms with Crippen LogP contribution in [0.2, 0.25) is 0 Å². The van der Waals surface area contributed by atoms with E-state index in [1.165, 1.54) is 18.2 Å². The molecule has 0 aliphatic heterocycles. The maximum absolute atomic E-state index is 12.7. The smallest absolute Gasteiger partial charge is 0.449 e. The highest BCUT2D eigenvalue weighted by Gasteiger charge is 2.34. The second-order valence-corrected chi connectivity index (χ2v) is 6.33. The Kier molecular flexibility index (Phi) is 5.01. The van der Waals surface area contributed by atoms with Crippen LogP contribution in [0.3, 0.4) is 0 Å². The molecular weight excluding hydrogens is 397 g/mol. The van der Waals surface area contributed by atoms with Crippen LogP contribution in [0.25, 0.3) is 11.0 Å². The first-order valence-corrected chi connectivity index (χ1v) is 8.85. The molecule has 1 aromatic heterocycles. The summed E-state index contributed by atoms with van der Waals surface area (Å²) in [7, 11) is 0. The summed E-state index contributed by atoms with van der Waals surface area (Å²) < 4.78 is 43.9. The molecule has 0 saturated heterocycles. The zero-order chi connectivity index (χ0) is 21.1. The number of nitrogens with one attached hydrogen (secondary N) is 3. The predicted molar refractivity (Wildman–Crippen MR) is 107 cm³/mol. The third kappa shape index (κ3) is 4.52. The Labute approximate surface area is 168 Å². The van der Waals surface area contributed by atoms with Gasteiger partial charge in [0.2, 0.25) is 5.82 Å². The van der Waals surface area contributed by atoms with Crippen LogP contribution in [0, 0.1) is 0 Å². The number of carbonyl (C=O) groups is 1. The predicted octanol–water partition coefficient (Wildman–Crippen LogP) is 6.02. The lowest BCUT2D eigenvalue weighted by atomic mass is 10.3. The number of carbonyl (C=O) groups excluding carboxylic acids is 1. The van der Waals surface area contributed by atoms with E-state index in [1.54, 1.807) is 24.3 Å². The molecule has 1 heterocycles. The number of para-hydroxylation sites is 1. The maximum atomic E-state index is 12.7. The molecule has 152 valence electrons. The lowest BCUT2D eigenvalue weighted by Gasteiger charge is -2.09. The van der Waals surface area contributed by atoms with E-state index in [4.69, 9.17) is 4.74 Å². The van der Waals surface area contributed by atoms with Crippen molar-refractivity contribution in [1.82, 2.24) is 9.97 Å². The molecule has 0 fully saturated rings. The summed E-state index contributed by atoms with van der Waals surface area (Å²) in [5.41, 5.74) is 1.17. The van der Waals surface area contributed by atoms with E-state index in [0.717, 1.165) is 0 Å². The normalized spacial score (nSPS) is 11.3. The van der Waals surface area contributed by atoms with Gasteiger partial charge in [0, 0.05) is 11.4 Å². The van der Waals surface area contributed by atoms with E-state index < -0.39 is 18.0 Å². The third-order valence-electron chi connectivity index (χ3n) is 4.10. The van der Waals surface area contributed by atoms with Gasteiger partial charge in [-0.05, 0) is 54.6 Å². The van der Waals surface area contributed by atoms with Crippen LogP contribution in [-0.4, -0.2) is 16.0 Å². The quantitative estimate of drug-likeness (QED) is 0.384. The fraction of sp³-hybridized carbons (Fsp3) is 0.0476. The van der Waals surface area contributed by atoms with E-state index in [2.05, 4.69) is 20.6 Å².